The molecule has 3 heteroatoms. The minimum Gasteiger partial charge on any atom is -0.489 e. The number of hydrogen-bond acceptors (Lipinski definition) is 2. The molecular weight excluding hydrogens is 254 g/mol. The number of thiocarbonyl (C=S) groups is 1. The van der Waals surface area contributed by atoms with Crippen LogP contribution in [-0.4, -0.2) is 4.99 Å². The van der Waals surface area contributed by atoms with Crippen LogP contribution in [0.3, 0.4) is 0 Å². The highest BCUT2D eigenvalue weighted by Crippen LogP contribution is 2.17. The summed E-state index contributed by atoms with van der Waals surface area (Å²) in [4.78, 5) is 0.418. The van der Waals surface area contributed by atoms with E-state index in [9.17, 15) is 0 Å². The van der Waals surface area contributed by atoms with Crippen molar-refractivity contribution in [1.29, 1.82) is 0 Å². The lowest BCUT2D eigenvalue weighted by atomic mass is 10.1. The van der Waals surface area contributed by atoms with Gasteiger partial charge in [-0.05, 0) is 42.7 Å². The van der Waals surface area contributed by atoms with Gasteiger partial charge in [0.15, 0.2) is 0 Å². The van der Waals surface area contributed by atoms with Gasteiger partial charge in [-0.25, -0.2) is 0 Å². The third-order valence-electron chi connectivity index (χ3n) is 3.12. The van der Waals surface area contributed by atoms with E-state index in [1.165, 1.54) is 11.1 Å². The maximum Gasteiger partial charge on any atom is 0.120 e. The second-order valence-electron chi connectivity index (χ2n) is 4.60. The molecule has 0 aliphatic carbocycles. The van der Waals surface area contributed by atoms with E-state index in [2.05, 4.69) is 26.0 Å². The Morgan fingerprint density at radius 1 is 1.05 bits per heavy atom. The molecule has 0 fully saturated rings. The van der Waals surface area contributed by atoms with Crippen molar-refractivity contribution in [1.82, 2.24) is 0 Å². The summed E-state index contributed by atoms with van der Waals surface area (Å²) in [5.41, 5.74) is 10.0. The summed E-state index contributed by atoms with van der Waals surface area (Å²) < 4.78 is 5.76. The van der Waals surface area contributed by atoms with Gasteiger partial charge in [0.05, 0.1) is 0 Å². The molecule has 2 aromatic carbocycles. The molecule has 0 saturated carbocycles. The molecule has 0 aliphatic heterocycles. The molecule has 2 N–H and O–H groups in total. The summed E-state index contributed by atoms with van der Waals surface area (Å²) in [6, 6.07) is 13.9. The number of aryl methyl sites for hydroxylation is 2. The van der Waals surface area contributed by atoms with Crippen LogP contribution >= 0.6 is 12.2 Å². The molecule has 0 aliphatic rings. The first kappa shape index (κ1) is 13.6. The molecule has 98 valence electrons. The SMILES string of the molecule is Cc1ccc(OCc2ccc(C(N)=S)cc2)cc1C. The van der Waals surface area contributed by atoms with Crippen LogP contribution < -0.4 is 10.5 Å². The van der Waals surface area contributed by atoms with E-state index < -0.39 is 0 Å². The number of benzene rings is 2. The Morgan fingerprint density at radius 2 is 1.74 bits per heavy atom. The zero-order chi connectivity index (χ0) is 13.8. The van der Waals surface area contributed by atoms with Gasteiger partial charge in [0.2, 0.25) is 0 Å². The average Bonchev–Trinajstić information content (AvgIpc) is 2.40. The topological polar surface area (TPSA) is 35.2 Å². The molecule has 0 radical (unpaired) electrons. The van der Waals surface area contributed by atoms with E-state index in [4.69, 9.17) is 22.7 Å². The Hall–Kier alpha value is -1.87. The quantitative estimate of drug-likeness (QED) is 0.864. The van der Waals surface area contributed by atoms with E-state index in [0.29, 0.717) is 11.6 Å². The molecule has 0 heterocycles. The second kappa shape index (κ2) is 5.85. The first-order chi connectivity index (χ1) is 9.06. The van der Waals surface area contributed by atoms with Gasteiger partial charge in [0.25, 0.3) is 0 Å². The van der Waals surface area contributed by atoms with Crippen molar-refractivity contribution < 1.29 is 4.74 Å². The van der Waals surface area contributed by atoms with Crippen LogP contribution in [0.4, 0.5) is 0 Å². The molecule has 0 unspecified atom stereocenters. The van der Waals surface area contributed by atoms with Gasteiger partial charge in [-0.2, -0.15) is 0 Å². The fourth-order valence-corrected chi connectivity index (χ4v) is 1.87. The lowest BCUT2D eigenvalue weighted by Crippen LogP contribution is -2.09. The van der Waals surface area contributed by atoms with Crippen LogP contribution in [0.1, 0.15) is 22.3 Å². The smallest absolute Gasteiger partial charge is 0.120 e. The second-order valence-corrected chi connectivity index (χ2v) is 5.04. The summed E-state index contributed by atoms with van der Waals surface area (Å²) in [5.74, 6) is 0.890. The zero-order valence-electron chi connectivity index (χ0n) is 11.1. The molecule has 2 nitrogen and oxygen atoms in total. The minimum atomic E-state index is 0.418. The molecule has 0 amide bonds. The molecule has 2 rings (SSSR count). The number of nitrogens with two attached hydrogens (primary N) is 1. The first-order valence-electron chi connectivity index (χ1n) is 6.15. The molecule has 0 saturated heterocycles. The molecule has 0 atom stereocenters. The van der Waals surface area contributed by atoms with Gasteiger partial charge in [0.1, 0.15) is 17.3 Å². The molecule has 0 aromatic heterocycles. The van der Waals surface area contributed by atoms with E-state index >= 15 is 0 Å². The fraction of sp³-hybridized carbons (Fsp3) is 0.188. The molecule has 2 aromatic rings. The van der Waals surface area contributed by atoms with Crippen molar-refractivity contribution in [3.63, 3.8) is 0 Å². The van der Waals surface area contributed by atoms with E-state index in [1.807, 2.05) is 30.3 Å². The highest BCUT2D eigenvalue weighted by Gasteiger charge is 2.00. The van der Waals surface area contributed by atoms with Crippen molar-refractivity contribution >= 4 is 17.2 Å². The van der Waals surface area contributed by atoms with Crippen molar-refractivity contribution in [3.8, 4) is 5.75 Å². The van der Waals surface area contributed by atoms with Crippen LogP contribution in [0.15, 0.2) is 42.5 Å². The lowest BCUT2D eigenvalue weighted by Gasteiger charge is -2.09. The van der Waals surface area contributed by atoms with Gasteiger partial charge in [0, 0.05) is 5.56 Å². The predicted octanol–water partition coefficient (Wildman–Crippen LogP) is 3.52. The summed E-state index contributed by atoms with van der Waals surface area (Å²) in [6.45, 7) is 4.72. The summed E-state index contributed by atoms with van der Waals surface area (Å²) in [5, 5.41) is 0. The Morgan fingerprint density at radius 3 is 2.32 bits per heavy atom. The maximum atomic E-state index is 5.76. The Labute approximate surface area is 119 Å². The van der Waals surface area contributed by atoms with Gasteiger partial charge < -0.3 is 10.5 Å². The molecular formula is C16H17NOS. The third kappa shape index (κ3) is 3.55. The van der Waals surface area contributed by atoms with Crippen LogP contribution in [-0.2, 0) is 6.61 Å². The van der Waals surface area contributed by atoms with Gasteiger partial charge in [-0.15, -0.1) is 0 Å². The van der Waals surface area contributed by atoms with Gasteiger partial charge in [-0.3, -0.25) is 0 Å². The maximum absolute atomic E-state index is 5.76. The predicted molar refractivity (Wildman–Crippen MR) is 82.6 cm³/mol. The third-order valence-corrected chi connectivity index (χ3v) is 3.36. The van der Waals surface area contributed by atoms with Crippen molar-refractivity contribution in [2.75, 3.05) is 0 Å². The van der Waals surface area contributed by atoms with Gasteiger partial charge in [-0.1, -0.05) is 42.5 Å². The first-order valence-corrected chi connectivity index (χ1v) is 6.56. The molecule has 0 spiro atoms. The minimum absolute atomic E-state index is 0.418. The molecule has 0 bridgehead atoms. The summed E-state index contributed by atoms with van der Waals surface area (Å²) in [7, 11) is 0. The van der Waals surface area contributed by atoms with Crippen LogP contribution in [0.5, 0.6) is 5.75 Å². The largest absolute Gasteiger partial charge is 0.489 e. The number of hydrogen-bond donors (Lipinski definition) is 1. The van der Waals surface area contributed by atoms with Crippen LogP contribution in [0.2, 0.25) is 0 Å². The monoisotopic (exact) mass is 271 g/mol. The standard InChI is InChI=1S/C16H17NOS/c1-11-3-8-15(9-12(11)2)18-10-13-4-6-14(7-5-13)16(17)19/h3-9H,10H2,1-2H3,(H2,17,19). The Balaban J connectivity index is 2.01. The van der Waals surface area contributed by atoms with E-state index in [1.54, 1.807) is 0 Å². The fourth-order valence-electron chi connectivity index (χ4n) is 1.74. The van der Waals surface area contributed by atoms with Crippen molar-refractivity contribution in [2.45, 2.75) is 20.5 Å². The van der Waals surface area contributed by atoms with Crippen LogP contribution in [0.25, 0.3) is 0 Å². The summed E-state index contributed by atoms with van der Waals surface area (Å²) in [6.07, 6.45) is 0. The van der Waals surface area contributed by atoms with Gasteiger partial charge >= 0.3 is 0 Å². The molecule has 19 heavy (non-hydrogen) atoms. The zero-order valence-corrected chi connectivity index (χ0v) is 12.0. The normalized spacial score (nSPS) is 10.2. The number of ether oxygens (including phenoxy) is 1. The highest BCUT2D eigenvalue weighted by atomic mass is 32.1. The Kier molecular flexibility index (Phi) is 4.17. The lowest BCUT2D eigenvalue weighted by molar-refractivity contribution is 0.306. The average molecular weight is 271 g/mol. The van der Waals surface area contributed by atoms with Crippen molar-refractivity contribution in [2.24, 2.45) is 5.73 Å². The Bertz CT molecular complexity index is 590. The van der Waals surface area contributed by atoms with Crippen LogP contribution in [0, 0.1) is 13.8 Å². The number of rotatable bonds is 4. The highest BCUT2D eigenvalue weighted by molar-refractivity contribution is 7.80. The van der Waals surface area contributed by atoms with E-state index in [-0.39, 0.29) is 0 Å². The van der Waals surface area contributed by atoms with Crippen molar-refractivity contribution in [3.05, 3.63) is 64.7 Å². The van der Waals surface area contributed by atoms with E-state index in [0.717, 1.165) is 16.9 Å². The summed E-state index contributed by atoms with van der Waals surface area (Å²) >= 11 is 4.92.